The van der Waals surface area contributed by atoms with Gasteiger partial charge in [0, 0.05) is 31.7 Å². The molecule has 3 heterocycles. The molecule has 2 atom stereocenters. The van der Waals surface area contributed by atoms with Crippen LogP contribution >= 0.6 is 0 Å². The van der Waals surface area contributed by atoms with Gasteiger partial charge >= 0.3 is 0 Å². The first-order valence-corrected chi connectivity index (χ1v) is 11.5. The molecule has 0 N–H and O–H groups in total. The molecule has 0 bridgehead atoms. The molecule has 2 saturated heterocycles. The first-order chi connectivity index (χ1) is 13.9. The highest BCUT2D eigenvalue weighted by Crippen LogP contribution is 2.26. The number of benzene rings is 1. The van der Waals surface area contributed by atoms with Crippen molar-refractivity contribution in [3.8, 4) is 0 Å². The Labute approximate surface area is 169 Å². The molecule has 7 nitrogen and oxygen atoms in total. The van der Waals surface area contributed by atoms with E-state index in [-0.39, 0.29) is 42.3 Å². The average molecular weight is 413 g/mol. The van der Waals surface area contributed by atoms with Crippen molar-refractivity contribution in [2.75, 3.05) is 18.1 Å². The van der Waals surface area contributed by atoms with E-state index in [2.05, 4.69) is 4.99 Å². The van der Waals surface area contributed by atoms with E-state index >= 15 is 0 Å². The quantitative estimate of drug-likeness (QED) is 0.748. The van der Waals surface area contributed by atoms with Crippen molar-refractivity contribution >= 4 is 21.7 Å². The molecule has 0 saturated carbocycles. The molecule has 2 aliphatic rings. The summed E-state index contributed by atoms with van der Waals surface area (Å²) in [6.45, 7) is 0.830. The molecule has 4 rings (SSSR count). The summed E-state index contributed by atoms with van der Waals surface area (Å²) in [6, 6.07) is 15.1. The van der Waals surface area contributed by atoms with Crippen molar-refractivity contribution in [2.24, 2.45) is 10.9 Å². The minimum Gasteiger partial charge on any atom is -0.338 e. The number of pyridine rings is 1. The standard InChI is InChI=1S/C21H23N3O4S/c25-20-12-17(14-24(20)18-9-11-29(27,28)15-18)21(26)22-19-8-4-5-10-23(19)13-16-6-2-1-3-7-16/h1-8,10,17-18H,9,11-15H2. The normalized spacial score (nSPS) is 24.2. The molecule has 2 fully saturated rings. The van der Waals surface area contributed by atoms with Crippen LogP contribution in [0.2, 0.25) is 0 Å². The minimum atomic E-state index is -3.08. The third-order valence-corrected chi connectivity index (χ3v) is 7.24. The Bertz CT molecular complexity index is 1090. The van der Waals surface area contributed by atoms with Crippen molar-refractivity contribution in [1.82, 2.24) is 9.47 Å². The van der Waals surface area contributed by atoms with Gasteiger partial charge in [-0.25, -0.2) is 8.42 Å². The summed E-state index contributed by atoms with van der Waals surface area (Å²) >= 11 is 0. The SMILES string of the molecule is O=C(N=c1ccccn1Cc1ccccc1)C1CC(=O)N(C2CCS(=O)(=O)C2)C1. The molecule has 29 heavy (non-hydrogen) atoms. The lowest BCUT2D eigenvalue weighted by Gasteiger charge is -2.22. The number of likely N-dealkylation sites (tertiary alicyclic amines) is 1. The van der Waals surface area contributed by atoms with Crippen LogP contribution in [0.25, 0.3) is 0 Å². The Balaban J connectivity index is 1.51. The van der Waals surface area contributed by atoms with Gasteiger partial charge in [-0.05, 0) is 24.1 Å². The van der Waals surface area contributed by atoms with E-state index in [1.54, 1.807) is 11.0 Å². The lowest BCUT2D eigenvalue weighted by atomic mass is 10.1. The van der Waals surface area contributed by atoms with Gasteiger partial charge in [0.2, 0.25) is 5.91 Å². The number of aromatic nitrogens is 1. The number of nitrogens with zero attached hydrogens (tertiary/aromatic N) is 3. The third-order valence-electron chi connectivity index (χ3n) is 5.49. The topological polar surface area (TPSA) is 88.8 Å². The van der Waals surface area contributed by atoms with Crippen LogP contribution in [0.4, 0.5) is 0 Å². The lowest BCUT2D eigenvalue weighted by Crippen LogP contribution is -2.37. The zero-order chi connectivity index (χ0) is 20.4. The average Bonchev–Trinajstić information content (AvgIpc) is 3.26. The summed E-state index contributed by atoms with van der Waals surface area (Å²) in [4.78, 5) is 31.0. The Morgan fingerprint density at radius 3 is 2.59 bits per heavy atom. The van der Waals surface area contributed by atoms with Crippen LogP contribution in [0.5, 0.6) is 0 Å². The molecule has 0 aliphatic carbocycles. The molecular weight excluding hydrogens is 390 g/mol. The molecule has 2 aromatic rings. The van der Waals surface area contributed by atoms with Crippen LogP contribution in [-0.4, -0.2) is 53.8 Å². The van der Waals surface area contributed by atoms with Crippen LogP contribution in [0, 0.1) is 5.92 Å². The summed E-state index contributed by atoms with van der Waals surface area (Å²) in [5, 5.41) is 0. The van der Waals surface area contributed by atoms with Gasteiger partial charge in [-0.15, -0.1) is 0 Å². The third kappa shape index (κ3) is 4.48. The molecule has 2 unspecified atom stereocenters. The molecular formula is C21H23N3O4S. The van der Waals surface area contributed by atoms with Gasteiger partial charge in [0.25, 0.3) is 5.91 Å². The number of rotatable bonds is 4. The molecule has 1 aromatic heterocycles. The van der Waals surface area contributed by atoms with Crippen LogP contribution in [-0.2, 0) is 26.0 Å². The summed E-state index contributed by atoms with van der Waals surface area (Å²) in [7, 11) is -3.08. The first-order valence-electron chi connectivity index (χ1n) is 9.69. The highest BCUT2D eigenvalue weighted by atomic mass is 32.2. The van der Waals surface area contributed by atoms with Crippen molar-refractivity contribution in [3.63, 3.8) is 0 Å². The van der Waals surface area contributed by atoms with Gasteiger partial charge in [-0.1, -0.05) is 36.4 Å². The number of carbonyl (C=O) groups is 2. The van der Waals surface area contributed by atoms with Gasteiger partial charge in [-0.2, -0.15) is 4.99 Å². The second-order valence-corrected chi connectivity index (χ2v) is 9.86. The zero-order valence-corrected chi connectivity index (χ0v) is 16.8. The zero-order valence-electron chi connectivity index (χ0n) is 16.0. The van der Waals surface area contributed by atoms with Crippen LogP contribution in [0.1, 0.15) is 18.4 Å². The highest BCUT2D eigenvalue weighted by molar-refractivity contribution is 7.91. The Morgan fingerprint density at radius 2 is 1.86 bits per heavy atom. The molecule has 1 aromatic carbocycles. The fourth-order valence-corrected chi connectivity index (χ4v) is 5.69. The van der Waals surface area contributed by atoms with Gasteiger partial charge in [0.1, 0.15) is 5.49 Å². The summed E-state index contributed by atoms with van der Waals surface area (Å²) in [5.41, 5.74) is 1.63. The van der Waals surface area contributed by atoms with Crippen LogP contribution < -0.4 is 5.49 Å². The maximum atomic E-state index is 12.8. The van der Waals surface area contributed by atoms with Crippen molar-refractivity contribution in [2.45, 2.75) is 25.4 Å². The van der Waals surface area contributed by atoms with Crippen molar-refractivity contribution in [1.29, 1.82) is 0 Å². The summed E-state index contributed by atoms with van der Waals surface area (Å²) in [5.74, 6) is -0.933. The Kier molecular flexibility index (Phi) is 5.36. The number of carbonyl (C=O) groups excluding carboxylic acids is 2. The Hall–Kier alpha value is -2.74. The van der Waals surface area contributed by atoms with E-state index < -0.39 is 15.8 Å². The largest absolute Gasteiger partial charge is 0.338 e. The van der Waals surface area contributed by atoms with E-state index in [0.29, 0.717) is 18.5 Å². The molecule has 2 amide bonds. The summed E-state index contributed by atoms with van der Waals surface area (Å²) < 4.78 is 25.3. The predicted octanol–water partition coefficient (Wildman–Crippen LogP) is 0.999. The van der Waals surface area contributed by atoms with Crippen molar-refractivity contribution < 1.29 is 18.0 Å². The van der Waals surface area contributed by atoms with Crippen molar-refractivity contribution in [3.05, 3.63) is 65.8 Å². The van der Waals surface area contributed by atoms with E-state index in [1.807, 2.05) is 53.2 Å². The van der Waals surface area contributed by atoms with Crippen LogP contribution in [0.15, 0.2) is 59.7 Å². The maximum absolute atomic E-state index is 12.8. The molecule has 2 aliphatic heterocycles. The lowest BCUT2D eigenvalue weighted by molar-refractivity contribution is -0.129. The van der Waals surface area contributed by atoms with E-state index in [9.17, 15) is 18.0 Å². The Morgan fingerprint density at radius 1 is 1.10 bits per heavy atom. The van der Waals surface area contributed by atoms with E-state index in [1.165, 1.54) is 0 Å². The molecule has 8 heteroatoms. The predicted molar refractivity (Wildman–Crippen MR) is 107 cm³/mol. The first kappa shape index (κ1) is 19.6. The van der Waals surface area contributed by atoms with E-state index in [4.69, 9.17) is 0 Å². The fourth-order valence-electron chi connectivity index (χ4n) is 3.96. The van der Waals surface area contributed by atoms with Gasteiger partial charge in [0.15, 0.2) is 9.84 Å². The van der Waals surface area contributed by atoms with Gasteiger partial charge < -0.3 is 9.47 Å². The fraction of sp³-hybridized carbons (Fsp3) is 0.381. The summed E-state index contributed by atoms with van der Waals surface area (Å²) in [6.07, 6.45) is 2.40. The molecule has 0 radical (unpaired) electrons. The number of sulfone groups is 1. The molecule has 0 spiro atoms. The second-order valence-electron chi connectivity index (χ2n) is 7.63. The maximum Gasteiger partial charge on any atom is 0.253 e. The monoisotopic (exact) mass is 413 g/mol. The van der Waals surface area contributed by atoms with Crippen LogP contribution in [0.3, 0.4) is 0 Å². The van der Waals surface area contributed by atoms with E-state index in [0.717, 1.165) is 5.56 Å². The molecule has 152 valence electrons. The number of hydrogen-bond acceptors (Lipinski definition) is 4. The number of hydrogen-bond donors (Lipinski definition) is 0. The minimum absolute atomic E-state index is 0.00739. The number of amides is 2. The second kappa shape index (κ2) is 7.94. The highest BCUT2D eigenvalue weighted by Gasteiger charge is 2.41. The van der Waals surface area contributed by atoms with Gasteiger partial charge in [0.05, 0.1) is 17.4 Å². The van der Waals surface area contributed by atoms with Gasteiger partial charge in [-0.3, -0.25) is 9.59 Å². The smallest absolute Gasteiger partial charge is 0.253 e.